The molecular formula is C9H15NO2. The van der Waals surface area contributed by atoms with E-state index in [1.165, 1.54) is 0 Å². The van der Waals surface area contributed by atoms with E-state index in [1.54, 1.807) is 6.20 Å². The minimum Gasteiger partial charge on any atom is -0.478 e. The van der Waals surface area contributed by atoms with Crippen LogP contribution in [-0.4, -0.2) is 29.6 Å². The zero-order chi connectivity index (χ0) is 9.40. The molecular weight excluding hydrogens is 154 g/mol. The standard InChI is InChI=1S/C9H15NO2/c1-3-4-5-7-10(2)8-6-9(11)12/h3,6,8H,1,4-5,7H2,2H3,(H,11,12)/b8-6+. The van der Waals surface area contributed by atoms with Crippen molar-refractivity contribution in [3.05, 3.63) is 24.9 Å². The molecule has 0 spiro atoms. The Morgan fingerprint density at radius 2 is 2.33 bits per heavy atom. The van der Waals surface area contributed by atoms with Crippen molar-refractivity contribution in [2.45, 2.75) is 12.8 Å². The number of aliphatic carboxylic acids is 1. The van der Waals surface area contributed by atoms with E-state index in [-0.39, 0.29) is 0 Å². The third-order valence-corrected chi connectivity index (χ3v) is 1.39. The maximum atomic E-state index is 10.1. The summed E-state index contributed by atoms with van der Waals surface area (Å²) in [5.41, 5.74) is 0. The summed E-state index contributed by atoms with van der Waals surface area (Å²) in [4.78, 5) is 11.9. The molecule has 0 atom stereocenters. The van der Waals surface area contributed by atoms with Crippen LogP contribution in [0.1, 0.15) is 12.8 Å². The molecule has 12 heavy (non-hydrogen) atoms. The first-order chi connectivity index (χ1) is 5.66. The Labute approximate surface area is 73.0 Å². The van der Waals surface area contributed by atoms with Crippen LogP contribution >= 0.6 is 0 Å². The van der Waals surface area contributed by atoms with E-state index in [4.69, 9.17) is 5.11 Å². The van der Waals surface area contributed by atoms with Gasteiger partial charge in [-0.25, -0.2) is 4.79 Å². The molecule has 0 aromatic carbocycles. The normalized spacial score (nSPS) is 10.1. The second-order valence-electron chi connectivity index (χ2n) is 2.57. The Kier molecular flexibility index (Phi) is 5.79. The molecule has 0 bridgehead atoms. The van der Waals surface area contributed by atoms with Crippen LogP contribution in [0.25, 0.3) is 0 Å². The summed E-state index contributed by atoms with van der Waals surface area (Å²) in [6.45, 7) is 4.46. The summed E-state index contributed by atoms with van der Waals surface area (Å²) in [7, 11) is 1.85. The molecule has 0 rings (SSSR count). The van der Waals surface area contributed by atoms with Crippen molar-refractivity contribution in [1.29, 1.82) is 0 Å². The van der Waals surface area contributed by atoms with E-state index in [9.17, 15) is 4.79 Å². The van der Waals surface area contributed by atoms with Crippen LogP contribution in [-0.2, 0) is 4.79 Å². The first-order valence-electron chi connectivity index (χ1n) is 3.89. The summed E-state index contributed by atoms with van der Waals surface area (Å²) in [6, 6.07) is 0. The van der Waals surface area contributed by atoms with Gasteiger partial charge in [-0.1, -0.05) is 6.08 Å². The number of unbranched alkanes of at least 4 members (excludes halogenated alkanes) is 1. The van der Waals surface area contributed by atoms with E-state index in [0.29, 0.717) is 0 Å². The molecule has 0 aliphatic carbocycles. The van der Waals surface area contributed by atoms with E-state index < -0.39 is 5.97 Å². The average molecular weight is 169 g/mol. The number of allylic oxidation sites excluding steroid dienone is 1. The highest BCUT2D eigenvalue weighted by Gasteiger charge is 1.91. The number of carboxylic acids is 1. The zero-order valence-electron chi connectivity index (χ0n) is 7.36. The third-order valence-electron chi connectivity index (χ3n) is 1.39. The number of nitrogens with zero attached hydrogens (tertiary/aromatic N) is 1. The summed E-state index contributed by atoms with van der Waals surface area (Å²) >= 11 is 0. The first-order valence-corrected chi connectivity index (χ1v) is 3.89. The van der Waals surface area contributed by atoms with Crippen LogP contribution in [0.4, 0.5) is 0 Å². The second kappa shape index (κ2) is 6.46. The highest BCUT2D eigenvalue weighted by Crippen LogP contribution is 1.93. The van der Waals surface area contributed by atoms with E-state index >= 15 is 0 Å². The van der Waals surface area contributed by atoms with Gasteiger partial charge in [-0.15, -0.1) is 6.58 Å². The molecule has 3 heteroatoms. The molecule has 0 unspecified atom stereocenters. The fourth-order valence-corrected chi connectivity index (χ4v) is 0.751. The van der Waals surface area contributed by atoms with Crippen molar-refractivity contribution < 1.29 is 9.90 Å². The summed E-state index contributed by atoms with van der Waals surface area (Å²) in [5.74, 6) is -0.912. The summed E-state index contributed by atoms with van der Waals surface area (Å²) in [6.07, 6.45) is 6.52. The lowest BCUT2D eigenvalue weighted by atomic mass is 10.3. The lowest BCUT2D eigenvalue weighted by Gasteiger charge is -2.11. The predicted octanol–water partition coefficient (Wildman–Crippen LogP) is 1.48. The monoisotopic (exact) mass is 169 g/mol. The molecule has 0 amide bonds. The molecule has 1 N–H and O–H groups in total. The minimum absolute atomic E-state index is 0.857. The number of hydrogen-bond acceptors (Lipinski definition) is 2. The van der Waals surface area contributed by atoms with Gasteiger partial charge >= 0.3 is 5.97 Å². The van der Waals surface area contributed by atoms with Crippen LogP contribution in [0.15, 0.2) is 24.9 Å². The number of hydrogen-bond donors (Lipinski definition) is 1. The van der Waals surface area contributed by atoms with Crippen molar-refractivity contribution in [3.63, 3.8) is 0 Å². The van der Waals surface area contributed by atoms with Crippen LogP contribution < -0.4 is 0 Å². The van der Waals surface area contributed by atoms with Gasteiger partial charge in [0.1, 0.15) is 0 Å². The van der Waals surface area contributed by atoms with Gasteiger partial charge in [0.25, 0.3) is 0 Å². The van der Waals surface area contributed by atoms with Crippen molar-refractivity contribution in [1.82, 2.24) is 4.90 Å². The van der Waals surface area contributed by atoms with Crippen molar-refractivity contribution >= 4 is 5.97 Å². The van der Waals surface area contributed by atoms with E-state index in [1.807, 2.05) is 18.0 Å². The summed E-state index contributed by atoms with van der Waals surface area (Å²) in [5, 5.41) is 8.30. The largest absolute Gasteiger partial charge is 0.478 e. The molecule has 0 aromatic heterocycles. The third kappa shape index (κ3) is 6.86. The Morgan fingerprint density at radius 1 is 1.67 bits per heavy atom. The quantitative estimate of drug-likeness (QED) is 0.372. The molecule has 0 aliphatic rings. The van der Waals surface area contributed by atoms with Gasteiger partial charge in [-0.3, -0.25) is 0 Å². The second-order valence-corrected chi connectivity index (χ2v) is 2.57. The maximum absolute atomic E-state index is 10.1. The maximum Gasteiger partial charge on any atom is 0.329 e. The fraction of sp³-hybridized carbons (Fsp3) is 0.444. The first kappa shape index (κ1) is 10.8. The van der Waals surface area contributed by atoms with Crippen molar-refractivity contribution in [3.8, 4) is 0 Å². The lowest BCUT2D eigenvalue weighted by molar-refractivity contribution is -0.131. The van der Waals surface area contributed by atoms with Crippen LogP contribution in [0.2, 0.25) is 0 Å². The molecule has 0 saturated carbocycles. The SMILES string of the molecule is C=CCCCN(C)/C=C/C(=O)O. The van der Waals surface area contributed by atoms with Crippen LogP contribution in [0, 0.1) is 0 Å². The molecule has 0 saturated heterocycles. The number of carboxylic acid groups (broad SMARTS) is 1. The van der Waals surface area contributed by atoms with Gasteiger partial charge in [0.15, 0.2) is 0 Å². The van der Waals surface area contributed by atoms with Gasteiger partial charge in [-0.2, -0.15) is 0 Å². The fourth-order valence-electron chi connectivity index (χ4n) is 0.751. The molecule has 0 heterocycles. The smallest absolute Gasteiger partial charge is 0.329 e. The van der Waals surface area contributed by atoms with Gasteiger partial charge in [0, 0.05) is 25.9 Å². The van der Waals surface area contributed by atoms with Crippen LogP contribution in [0.3, 0.4) is 0 Å². The van der Waals surface area contributed by atoms with E-state index in [2.05, 4.69) is 6.58 Å². The van der Waals surface area contributed by atoms with E-state index in [0.717, 1.165) is 25.5 Å². The molecule has 0 aliphatic heterocycles. The molecule has 68 valence electrons. The molecule has 0 fully saturated rings. The van der Waals surface area contributed by atoms with Gasteiger partial charge in [-0.05, 0) is 12.8 Å². The zero-order valence-corrected chi connectivity index (χ0v) is 7.36. The number of carbonyl (C=O) groups is 1. The Hall–Kier alpha value is -1.25. The topological polar surface area (TPSA) is 40.5 Å². The average Bonchev–Trinajstić information content (AvgIpc) is 2.01. The van der Waals surface area contributed by atoms with Gasteiger partial charge in [0.05, 0.1) is 0 Å². The van der Waals surface area contributed by atoms with Gasteiger partial charge in [0.2, 0.25) is 0 Å². The Morgan fingerprint density at radius 3 is 2.83 bits per heavy atom. The van der Waals surface area contributed by atoms with Crippen molar-refractivity contribution in [2.24, 2.45) is 0 Å². The summed E-state index contributed by atoms with van der Waals surface area (Å²) < 4.78 is 0. The highest BCUT2D eigenvalue weighted by molar-refractivity contribution is 5.79. The predicted molar refractivity (Wildman–Crippen MR) is 48.8 cm³/mol. The Balaban J connectivity index is 3.51. The van der Waals surface area contributed by atoms with Gasteiger partial charge < -0.3 is 10.0 Å². The van der Waals surface area contributed by atoms with Crippen molar-refractivity contribution in [2.75, 3.05) is 13.6 Å². The molecule has 0 radical (unpaired) electrons. The number of rotatable bonds is 6. The Bertz CT molecular complexity index is 175. The molecule has 3 nitrogen and oxygen atoms in total. The molecule has 0 aromatic rings. The van der Waals surface area contributed by atoms with Crippen LogP contribution in [0.5, 0.6) is 0 Å². The lowest BCUT2D eigenvalue weighted by Crippen LogP contribution is -2.12. The highest BCUT2D eigenvalue weighted by atomic mass is 16.4. The minimum atomic E-state index is -0.912.